The monoisotopic (exact) mass is 278 g/mol. The minimum absolute atomic E-state index is 0.0357. The van der Waals surface area contributed by atoms with Crippen LogP contribution in [-0.2, 0) is 17.6 Å². The molecule has 0 aliphatic rings. The number of pyridine rings is 1. The lowest BCUT2D eigenvalue weighted by molar-refractivity contribution is -0.136. The van der Waals surface area contributed by atoms with Crippen LogP contribution in [0.3, 0.4) is 0 Å². The number of carbonyl (C=O) groups is 1. The van der Waals surface area contributed by atoms with E-state index in [1.54, 1.807) is 0 Å². The first kappa shape index (κ1) is 16.6. The predicted molar refractivity (Wildman–Crippen MR) is 80.9 cm³/mol. The third-order valence-corrected chi connectivity index (χ3v) is 3.35. The van der Waals surface area contributed by atoms with Crippen molar-refractivity contribution in [1.82, 2.24) is 10.3 Å². The van der Waals surface area contributed by atoms with E-state index in [-0.39, 0.29) is 12.6 Å². The van der Waals surface area contributed by atoms with Crippen LogP contribution < -0.4 is 5.32 Å². The van der Waals surface area contributed by atoms with Gasteiger partial charge in [0, 0.05) is 17.9 Å². The number of aliphatic carboxylic acids is 1. The summed E-state index contributed by atoms with van der Waals surface area (Å²) in [6, 6.07) is 4.50. The van der Waals surface area contributed by atoms with Crippen LogP contribution in [0.4, 0.5) is 0 Å². The smallest absolute Gasteiger partial charge is 0.317 e. The highest BCUT2D eigenvalue weighted by Crippen LogP contribution is 2.10. The summed E-state index contributed by atoms with van der Waals surface area (Å²) in [4.78, 5) is 15.0. The van der Waals surface area contributed by atoms with E-state index in [9.17, 15) is 4.79 Å². The molecule has 112 valence electrons. The molecule has 2 N–H and O–H groups in total. The lowest BCUT2D eigenvalue weighted by Crippen LogP contribution is -2.34. The molecule has 1 atom stereocenters. The Labute approximate surface area is 121 Å². The molecule has 4 nitrogen and oxygen atoms in total. The molecule has 0 aliphatic carbocycles. The van der Waals surface area contributed by atoms with E-state index >= 15 is 0 Å². The molecule has 0 aromatic carbocycles. The van der Waals surface area contributed by atoms with Gasteiger partial charge in [-0.3, -0.25) is 9.78 Å². The first-order valence-electron chi connectivity index (χ1n) is 7.54. The van der Waals surface area contributed by atoms with E-state index in [1.807, 2.05) is 6.20 Å². The maximum Gasteiger partial charge on any atom is 0.317 e. The zero-order valence-electron chi connectivity index (χ0n) is 12.6. The highest BCUT2D eigenvalue weighted by Gasteiger charge is 2.09. The molecule has 0 fully saturated rings. The average Bonchev–Trinajstić information content (AvgIpc) is 2.42. The van der Waals surface area contributed by atoms with E-state index in [4.69, 9.17) is 5.11 Å². The Kier molecular flexibility index (Phi) is 7.88. The van der Waals surface area contributed by atoms with E-state index in [0.717, 1.165) is 44.2 Å². The maximum absolute atomic E-state index is 10.6. The van der Waals surface area contributed by atoms with E-state index in [2.05, 4.69) is 36.3 Å². The Balaban J connectivity index is 2.48. The van der Waals surface area contributed by atoms with Crippen LogP contribution in [0, 0.1) is 0 Å². The van der Waals surface area contributed by atoms with Gasteiger partial charge in [0.2, 0.25) is 0 Å². The molecule has 1 aromatic heterocycles. The number of hydrogen-bond donors (Lipinski definition) is 2. The van der Waals surface area contributed by atoms with Gasteiger partial charge in [0.15, 0.2) is 0 Å². The SMILES string of the molecule is CCCc1ccnc(CCC(CCC)NCC(=O)O)c1. The van der Waals surface area contributed by atoms with Crippen LogP contribution in [0.5, 0.6) is 0 Å². The molecule has 0 aliphatic heterocycles. The summed E-state index contributed by atoms with van der Waals surface area (Å²) in [6.07, 6.45) is 7.99. The van der Waals surface area contributed by atoms with Gasteiger partial charge in [-0.25, -0.2) is 0 Å². The molecule has 4 heteroatoms. The van der Waals surface area contributed by atoms with E-state index < -0.39 is 5.97 Å². The van der Waals surface area contributed by atoms with Crippen LogP contribution in [0.25, 0.3) is 0 Å². The molecule has 1 unspecified atom stereocenters. The van der Waals surface area contributed by atoms with Crippen molar-refractivity contribution in [3.63, 3.8) is 0 Å². The number of rotatable bonds is 10. The molecule has 0 radical (unpaired) electrons. The maximum atomic E-state index is 10.6. The van der Waals surface area contributed by atoms with E-state index in [0.29, 0.717) is 0 Å². The largest absolute Gasteiger partial charge is 0.480 e. The van der Waals surface area contributed by atoms with Gasteiger partial charge in [0.25, 0.3) is 0 Å². The molecule has 0 saturated carbocycles. The number of aromatic nitrogens is 1. The predicted octanol–water partition coefficient (Wildman–Crippen LogP) is 2.81. The molecule has 0 bridgehead atoms. The average molecular weight is 278 g/mol. The van der Waals surface area contributed by atoms with Crippen molar-refractivity contribution in [3.05, 3.63) is 29.6 Å². The van der Waals surface area contributed by atoms with Crippen molar-refractivity contribution in [2.75, 3.05) is 6.54 Å². The summed E-state index contributed by atoms with van der Waals surface area (Å²) in [5, 5.41) is 11.8. The fourth-order valence-corrected chi connectivity index (χ4v) is 2.36. The highest BCUT2D eigenvalue weighted by atomic mass is 16.4. The first-order valence-corrected chi connectivity index (χ1v) is 7.54. The van der Waals surface area contributed by atoms with Crippen molar-refractivity contribution in [2.24, 2.45) is 0 Å². The van der Waals surface area contributed by atoms with Gasteiger partial charge in [-0.1, -0.05) is 26.7 Å². The van der Waals surface area contributed by atoms with Crippen molar-refractivity contribution in [3.8, 4) is 0 Å². The minimum atomic E-state index is -0.797. The lowest BCUT2D eigenvalue weighted by Gasteiger charge is -2.16. The molecule has 0 saturated heterocycles. The summed E-state index contributed by atoms with van der Waals surface area (Å²) < 4.78 is 0. The second kappa shape index (κ2) is 9.48. The standard InChI is InChI=1S/C16H26N2O2/c1-3-5-13-9-10-17-15(11-13)8-7-14(6-4-2)18-12-16(19)20/h9-11,14,18H,3-8,12H2,1-2H3,(H,19,20). The number of nitrogens with one attached hydrogen (secondary N) is 1. The van der Waals surface area contributed by atoms with E-state index in [1.165, 1.54) is 5.56 Å². The van der Waals surface area contributed by atoms with Crippen LogP contribution >= 0.6 is 0 Å². The number of hydrogen-bond acceptors (Lipinski definition) is 3. The van der Waals surface area contributed by atoms with Gasteiger partial charge in [-0.05, 0) is 43.4 Å². The third kappa shape index (κ3) is 6.66. The number of aryl methyl sites for hydroxylation is 2. The van der Waals surface area contributed by atoms with Gasteiger partial charge in [0.05, 0.1) is 6.54 Å². The fourth-order valence-electron chi connectivity index (χ4n) is 2.36. The van der Waals surface area contributed by atoms with Crippen LogP contribution in [-0.4, -0.2) is 28.6 Å². The third-order valence-electron chi connectivity index (χ3n) is 3.35. The Hall–Kier alpha value is -1.42. The summed E-state index contributed by atoms with van der Waals surface area (Å²) in [5.41, 5.74) is 2.44. The van der Waals surface area contributed by atoms with Crippen molar-refractivity contribution < 1.29 is 9.90 Å². The summed E-state index contributed by atoms with van der Waals surface area (Å²) in [7, 11) is 0. The van der Waals surface area contributed by atoms with Crippen molar-refractivity contribution >= 4 is 5.97 Å². The first-order chi connectivity index (χ1) is 9.65. The van der Waals surface area contributed by atoms with Crippen LogP contribution in [0.2, 0.25) is 0 Å². The van der Waals surface area contributed by atoms with Crippen molar-refractivity contribution in [2.45, 2.75) is 58.4 Å². The molecular weight excluding hydrogens is 252 g/mol. The number of carboxylic acids is 1. The lowest BCUT2D eigenvalue weighted by atomic mass is 10.0. The van der Waals surface area contributed by atoms with Gasteiger partial charge in [0.1, 0.15) is 0 Å². The summed E-state index contributed by atoms with van der Waals surface area (Å²) in [6.45, 7) is 4.33. The Morgan fingerprint density at radius 2 is 2.10 bits per heavy atom. The zero-order chi connectivity index (χ0) is 14.8. The fraction of sp³-hybridized carbons (Fsp3) is 0.625. The quantitative estimate of drug-likeness (QED) is 0.691. The molecule has 0 amide bonds. The number of carboxylic acid groups (broad SMARTS) is 1. The molecule has 1 heterocycles. The van der Waals surface area contributed by atoms with Gasteiger partial charge < -0.3 is 10.4 Å². The number of nitrogens with zero attached hydrogens (tertiary/aromatic N) is 1. The van der Waals surface area contributed by atoms with Gasteiger partial charge in [-0.2, -0.15) is 0 Å². The molecule has 20 heavy (non-hydrogen) atoms. The molecule has 0 spiro atoms. The van der Waals surface area contributed by atoms with Gasteiger partial charge >= 0.3 is 5.97 Å². The molecular formula is C16H26N2O2. The Morgan fingerprint density at radius 3 is 2.75 bits per heavy atom. The highest BCUT2D eigenvalue weighted by molar-refractivity contribution is 5.69. The Morgan fingerprint density at radius 1 is 1.30 bits per heavy atom. The molecule has 1 rings (SSSR count). The van der Waals surface area contributed by atoms with Gasteiger partial charge in [-0.15, -0.1) is 0 Å². The second-order valence-corrected chi connectivity index (χ2v) is 5.20. The topological polar surface area (TPSA) is 62.2 Å². The van der Waals surface area contributed by atoms with Crippen LogP contribution in [0.15, 0.2) is 18.3 Å². The second-order valence-electron chi connectivity index (χ2n) is 5.20. The summed E-state index contributed by atoms with van der Waals surface area (Å²) in [5.74, 6) is -0.797. The minimum Gasteiger partial charge on any atom is -0.480 e. The Bertz CT molecular complexity index is 407. The van der Waals surface area contributed by atoms with Crippen molar-refractivity contribution in [1.29, 1.82) is 0 Å². The zero-order valence-corrected chi connectivity index (χ0v) is 12.6. The normalized spacial score (nSPS) is 12.3. The molecule has 1 aromatic rings. The van der Waals surface area contributed by atoms with Crippen LogP contribution in [0.1, 0.15) is 50.8 Å². The summed E-state index contributed by atoms with van der Waals surface area (Å²) >= 11 is 0.